The van der Waals surface area contributed by atoms with Gasteiger partial charge in [0.25, 0.3) is 0 Å². The highest BCUT2D eigenvalue weighted by Gasteiger charge is 2.18. The summed E-state index contributed by atoms with van der Waals surface area (Å²) < 4.78 is 2.40. The molecule has 2 aliphatic rings. The number of nitrogen functional groups attached to an aromatic ring is 1. The van der Waals surface area contributed by atoms with Crippen LogP contribution in [0.3, 0.4) is 0 Å². The van der Waals surface area contributed by atoms with Crippen LogP contribution in [0.15, 0.2) is 66.7 Å². The molecular formula is C25H27N3. The van der Waals surface area contributed by atoms with Crippen LogP contribution in [0.1, 0.15) is 32.6 Å². The molecule has 0 spiro atoms. The maximum atomic E-state index is 8.20. The van der Waals surface area contributed by atoms with E-state index >= 15 is 0 Å². The lowest BCUT2D eigenvalue weighted by Gasteiger charge is -2.24. The number of benzene rings is 3. The van der Waals surface area contributed by atoms with E-state index in [-0.39, 0.29) is 0 Å². The van der Waals surface area contributed by atoms with E-state index < -0.39 is 0 Å². The second-order valence-corrected chi connectivity index (χ2v) is 7.46. The standard InChI is InChI=1S/C25H27N3/c1-2-3-4-8-15-28-24-17-20(27)12-14-22(24)21-13-11-19(26)16-23(21)25(28)18-9-6-5-7-10-18/h5-7,9-14,16-17,27H,2-4,8,15,26H2,1H3. The fourth-order valence-electron chi connectivity index (χ4n) is 4.08. The number of hydrogen-bond donors (Lipinski definition) is 2. The van der Waals surface area contributed by atoms with Gasteiger partial charge in [-0.1, -0.05) is 68.7 Å². The zero-order chi connectivity index (χ0) is 19.5. The molecule has 0 radical (unpaired) electrons. The van der Waals surface area contributed by atoms with E-state index in [1.165, 1.54) is 46.9 Å². The second-order valence-electron chi connectivity index (χ2n) is 7.46. The summed E-state index contributed by atoms with van der Waals surface area (Å²) in [5, 5.41) is 11.1. The summed E-state index contributed by atoms with van der Waals surface area (Å²) in [5.74, 6) is 0. The van der Waals surface area contributed by atoms with Gasteiger partial charge in [-0.2, -0.15) is 0 Å². The van der Waals surface area contributed by atoms with E-state index in [9.17, 15) is 0 Å². The van der Waals surface area contributed by atoms with Gasteiger partial charge in [-0.3, -0.25) is 0 Å². The van der Waals surface area contributed by atoms with Crippen LogP contribution in [-0.4, -0.2) is 4.57 Å². The number of anilines is 1. The van der Waals surface area contributed by atoms with Crippen LogP contribution in [0, 0.1) is 5.41 Å². The Labute approximate surface area is 166 Å². The number of pyridine rings is 1. The van der Waals surface area contributed by atoms with Crippen molar-refractivity contribution in [3.05, 3.63) is 72.1 Å². The van der Waals surface area contributed by atoms with Gasteiger partial charge < -0.3 is 15.7 Å². The third-order valence-electron chi connectivity index (χ3n) is 5.43. The first-order valence-electron chi connectivity index (χ1n) is 10.1. The van der Waals surface area contributed by atoms with E-state index in [1.807, 2.05) is 18.2 Å². The third kappa shape index (κ3) is 3.40. The zero-order valence-corrected chi connectivity index (χ0v) is 16.4. The van der Waals surface area contributed by atoms with E-state index in [0.29, 0.717) is 5.36 Å². The smallest absolute Gasteiger partial charge is 0.0565 e. The summed E-state index contributed by atoms with van der Waals surface area (Å²) in [6.07, 6.45) is 4.82. The number of nitrogens with two attached hydrogens (primary N) is 1. The van der Waals surface area contributed by atoms with Gasteiger partial charge in [0.1, 0.15) is 0 Å². The highest BCUT2D eigenvalue weighted by molar-refractivity contribution is 6.05. The molecule has 2 aromatic rings. The second kappa shape index (κ2) is 7.89. The van der Waals surface area contributed by atoms with Gasteiger partial charge in [-0.05, 0) is 41.6 Å². The number of rotatable bonds is 6. The van der Waals surface area contributed by atoms with Crippen molar-refractivity contribution >= 4 is 16.5 Å². The van der Waals surface area contributed by atoms with Gasteiger partial charge in [0.2, 0.25) is 0 Å². The minimum atomic E-state index is 0.545. The Morgan fingerprint density at radius 3 is 2.46 bits per heavy atom. The molecular weight excluding hydrogens is 342 g/mol. The number of nitrogens with one attached hydrogen (secondary N) is 1. The summed E-state index contributed by atoms with van der Waals surface area (Å²) in [6, 6.07) is 22.7. The molecule has 0 bridgehead atoms. The maximum Gasteiger partial charge on any atom is 0.0565 e. The number of aromatic nitrogens is 1. The van der Waals surface area contributed by atoms with Crippen molar-refractivity contribution in [2.75, 3.05) is 5.73 Å². The minimum Gasteiger partial charge on any atom is -0.399 e. The van der Waals surface area contributed by atoms with Crippen molar-refractivity contribution in [1.29, 1.82) is 5.41 Å². The Hall–Kier alpha value is -3.07. The predicted molar refractivity (Wildman–Crippen MR) is 118 cm³/mol. The zero-order valence-electron chi connectivity index (χ0n) is 16.4. The molecule has 0 amide bonds. The Morgan fingerprint density at radius 1 is 0.857 bits per heavy atom. The monoisotopic (exact) mass is 369 g/mol. The highest BCUT2D eigenvalue weighted by Crippen LogP contribution is 2.39. The molecule has 4 rings (SSSR count). The molecule has 0 saturated heterocycles. The first-order chi connectivity index (χ1) is 13.7. The van der Waals surface area contributed by atoms with Crippen molar-refractivity contribution < 1.29 is 0 Å². The molecule has 1 heterocycles. The van der Waals surface area contributed by atoms with Gasteiger partial charge in [0, 0.05) is 23.2 Å². The van der Waals surface area contributed by atoms with Crippen LogP contribution in [-0.2, 0) is 6.54 Å². The van der Waals surface area contributed by atoms with Gasteiger partial charge in [-0.15, -0.1) is 0 Å². The molecule has 3 heteroatoms. The lowest BCUT2D eigenvalue weighted by Crippen LogP contribution is -2.12. The molecule has 142 valence electrons. The van der Waals surface area contributed by atoms with Crippen molar-refractivity contribution in [3.8, 4) is 22.5 Å². The first-order valence-corrected chi connectivity index (χ1v) is 10.1. The number of unbranched alkanes of at least 4 members (excludes halogenated alkanes) is 3. The van der Waals surface area contributed by atoms with Gasteiger partial charge >= 0.3 is 0 Å². The van der Waals surface area contributed by atoms with E-state index in [2.05, 4.69) is 60.0 Å². The first kappa shape index (κ1) is 18.3. The average Bonchev–Trinajstić information content (AvgIpc) is 2.71. The van der Waals surface area contributed by atoms with Gasteiger partial charge in [0.15, 0.2) is 0 Å². The summed E-state index contributed by atoms with van der Waals surface area (Å²) in [7, 11) is 0. The Balaban J connectivity index is 2.06. The number of fused-ring (bicyclic) bond motifs is 3. The largest absolute Gasteiger partial charge is 0.399 e. The van der Waals surface area contributed by atoms with Crippen LogP contribution in [0.5, 0.6) is 0 Å². The molecule has 0 saturated carbocycles. The van der Waals surface area contributed by atoms with Crippen molar-refractivity contribution in [2.45, 2.75) is 39.2 Å². The van der Waals surface area contributed by atoms with Crippen molar-refractivity contribution in [1.82, 2.24) is 4.57 Å². The summed E-state index contributed by atoms with van der Waals surface area (Å²) in [6.45, 7) is 3.18. The Morgan fingerprint density at radius 2 is 1.68 bits per heavy atom. The van der Waals surface area contributed by atoms with Gasteiger partial charge in [0.05, 0.1) is 16.7 Å². The van der Waals surface area contributed by atoms with Gasteiger partial charge in [-0.25, -0.2) is 0 Å². The third-order valence-corrected chi connectivity index (χ3v) is 5.43. The van der Waals surface area contributed by atoms with Crippen LogP contribution in [0.25, 0.3) is 33.3 Å². The topological polar surface area (TPSA) is 54.8 Å². The lowest BCUT2D eigenvalue weighted by molar-refractivity contribution is 0.588. The molecule has 0 atom stereocenters. The van der Waals surface area contributed by atoms with Crippen LogP contribution >= 0.6 is 0 Å². The molecule has 1 aliphatic carbocycles. The van der Waals surface area contributed by atoms with Crippen molar-refractivity contribution in [3.63, 3.8) is 0 Å². The van der Waals surface area contributed by atoms with Crippen LogP contribution in [0.4, 0.5) is 5.69 Å². The van der Waals surface area contributed by atoms with Crippen LogP contribution in [0.2, 0.25) is 0 Å². The molecule has 28 heavy (non-hydrogen) atoms. The Bertz CT molecular complexity index is 1130. The SMILES string of the molecule is CCCCCCn1c2cc(=N)ccc-2c2ccc(N)cc2c1-c1ccccc1. The number of hydrogen-bond acceptors (Lipinski definition) is 2. The quantitative estimate of drug-likeness (QED) is 0.242. The minimum absolute atomic E-state index is 0.545. The van der Waals surface area contributed by atoms with Crippen LogP contribution < -0.4 is 11.1 Å². The maximum absolute atomic E-state index is 8.20. The normalized spacial score (nSPS) is 11.3. The van der Waals surface area contributed by atoms with E-state index in [0.717, 1.165) is 24.3 Å². The molecule has 3 nitrogen and oxygen atoms in total. The fraction of sp³-hybridized carbons (Fsp3) is 0.240. The predicted octanol–water partition coefficient (Wildman–Crippen LogP) is 6.06. The molecule has 2 aromatic carbocycles. The van der Waals surface area contributed by atoms with E-state index in [4.69, 9.17) is 11.1 Å². The molecule has 0 fully saturated rings. The molecule has 3 N–H and O–H groups in total. The number of nitrogens with zero attached hydrogens (tertiary/aromatic N) is 1. The summed E-state index contributed by atoms with van der Waals surface area (Å²) in [4.78, 5) is 0. The summed E-state index contributed by atoms with van der Waals surface area (Å²) in [5.41, 5.74) is 11.7. The Kier molecular flexibility index (Phi) is 5.16. The van der Waals surface area contributed by atoms with Crippen molar-refractivity contribution in [2.24, 2.45) is 0 Å². The highest BCUT2D eigenvalue weighted by atomic mass is 15.0. The molecule has 1 aliphatic heterocycles. The lowest BCUT2D eigenvalue weighted by atomic mass is 9.94. The average molecular weight is 370 g/mol. The molecule has 0 unspecified atom stereocenters. The molecule has 0 aromatic heterocycles. The fourth-order valence-corrected chi connectivity index (χ4v) is 4.08. The summed E-state index contributed by atoms with van der Waals surface area (Å²) >= 11 is 0. The van der Waals surface area contributed by atoms with E-state index in [1.54, 1.807) is 0 Å².